The Morgan fingerprint density at radius 1 is 0.779 bits per heavy atom. The highest BCUT2D eigenvalue weighted by Gasteiger charge is 2.68. The first kappa shape index (κ1) is 54.1. The SMILES string of the molecule is CCCCc1ccc(-c2ccc(C(=O)NCCC(=O)N[C@@H](CCCCN)C(=O)N[C@H](C(=O)N[C@@H](C)C(=O)N[C@@H](CC(C)C)C(=O)N[C@@H](C)B3OC4C[C@@H]5C[C@@H](C5(C)C)[C@]4(C)O3)[C@@H](C)O)cc2)cc1. The largest absolute Gasteiger partial charge is 0.481 e. The molecule has 3 saturated carbocycles. The molecule has 9 N–H and O–H groups in total. The molecule has 0 aromatic heterocycles. The highest BCUT2D eigenvalue weighted by Crippen LogP contribution is 2.65. The van der Waals surface area contributed by atoms with Crippen LogP contribution in [0.15, 0.2) is 48.5 Å². The fourth-order valence-electron chi connectivity index (χ4n) is 10.0. The van der Waals surface area contributed by atoms with Crippen molar-refractivity contribution in [2.75, 3.05) is 13.1 Å². The Morgan fingerprint density at radius 2 is 1.43 bits per heavy atom. The minimum absolute atomic E-state index is 0.00273. The van der Waals surface area contributed by atoms with Crippen LogP contribution in [0.2, 0.25) is 0 Å². The zero-order valence-electron chi connectivity index (χ0n) is 41.7. The molecular formula is C51H78BN7O9. The molecule has 2 bridgehead atoms. The molecule has 2 aromatic carbocycles. The second-order valence-corrected chi connectivity index (χ2v) is 20.6. The molecule has 1 aliphatic heterocycles. The van der Waals surface area contributed by atoms with Gasteiger partial charge in [-0.2, -0.15) is 0 Å². The third-order valence-corrected chi connectivity index (χ3v) is 14.4. The standard InChI is InChI=1S/C51H78BN7O9/c1-10-11-14-34-16-18-35(19-17-34)36-20-22-37(23-21-36)46(63)54-26-24-43(61)57-39(15-12-13-25-53)47(64)59-44(32(5)60)49(66)55-31(4)45(62)58-40(27-30(2)3)48(65)56-33(6)52-67-42-29-38-28-41(50(38,7)8)51(42,9)68-52/h16-23,30-33,38-42,44,60H,10-15,24-29,53H2,1-9H3,(H,54,63)(H,55,66)(H,56,65)(H,57,61)(H,58,62)(H,59,64)/t31-,32+,33-,38-,39-,40-,41-,42?,44-,51-/m0/s1. The van der Waals surface area contributed by atoms with Gasteiger partial charge in [0.2, 0.25) is 29.5 Å². The third kappa shape index (κ3) is 13.7. The summed E-state index contributed by atoms with van der Waals surface area (Å²) in [6, 6.07) is 10.9. The first-order valence-electron chi connectivity index (χ1n) is 24.9. The molecule has 17 heteroatoms. The number of benzene rings is 2. The van der Waals surface area contributed by atoms with Crippen LogP contribution in [0.3, 0.4) is 0 Å². The summed E-state index contributed by atoms with van der Waals surface area (Å²) in [6.07, 6.45) is 5.32. The van der Waals surface area contributed by atoms with Crippen LogP contribution < -0.4 is 37.6 Å². The Morgan fingerprint density at radius 3 is 2.03 bits per heavy atom. The van der Waals surface area contributed by atoms with E-state index in [0.717, 1.165) is 43.2 Å². The van der Waals surface area contributed by atoms with E-state index in [4.69, 9.17) is 15.0 Å². The van der Waals surface area contributed by atoms with Gasteiger partial charge in [-0.25, -0.2) is 0 Å². The van der Waals surface area contributed by atoms with E-state index < -0.39 is 78.5 Å². The molecule has 6 rings (SSSR count). The molecule has 374 valence electrons. The Labute approximate surface area is 403 Å². The highest BCUT2D eigenvalue weighted by atomic mass is 16.7. The lowest BCUT2D eigenvalue weighted by molar-refractivity contribution is -0.199. The zero-order valence-corrected chi connectivity index (χ0v) is 41.7. The maximum Gasteiger partial charge on any atom is 0.481 e. The second-order valence-electron chi connectivity index (χ2n) is 20.6. The molecule has 1 unspecified atom stereocenters. The van der Waals surface area contributed by atoms with Crippen molar-refractivity contribution in [1.29, 1.82) is 0 Å². The van der Waals surface area contributed by atoms with Crippen molar-refractivity contribution < 1.29 is 43.2 Å². The van der Waals surface area contributed by atoms with E-state index in [1.165, 1.54) is 19.4 Å². The maximum absolute atomic E-state index is 13.7. The van der Waals surface area contributed by atoms with E-state index in [9.17, 15) is 33.9 Å². The number of aliphatic hydroxyl groups excluding tert-OH is 1. The van der Waals surface area contributed by atoms with Gasteiger partial charge in [0.05, 0.1) is 23.8 Å². The molecule has 10 atom stereocenters. The van der Waals surface area contributed by atoms with Crippen LogP contribution in [0.25, 0.3) is 11.1 Å². The number of aryl methyl sites for hydroxylation is 1. The van der Waals surface area contributed by atoms with Crippen LogP contribution in [0.1, 0.15) is 136 Å². The number of nitrogens with one attached hydrogen (secondary N) is 6. The average Bonchev–Trinajstić information content (AvgIpc) is 3.67. The van der Waals surface area contributed by atoms with E-state index in [1.807, 2.05) is 32.9 Å². The lowest BCUT2D eigenvalue weighted by atomic mass is 9.43. The van der Waals surface area contributed by atoms with E-state index in [1.54, 1.807) is 12.1 Å². The fraction of sp³-hybridized carbons (Fsp3) is 0.647. The number of aliphatic hydroxyl groups is 1. The zero-order chi connectivity index (χ0) is 49.9. The number of nitrogens with two attached hydrogens (primary N) is 1. The van der Waals surface area contributed by atoms with Crippen molar-refractivity contribution in [3.63, 3.8) is 0 Å². The highest BCUT2D eigenvalue weighted by molar-refractivity contribution is 6.47. The molecule has 1 heterocycles. The summed E-state index contributed by atoms with van der Waals surface area (Å²) < 4.78 is 12.9. The van der Waals surface area contributed by atoms with Crippen LogP contribution in [-0.2, 0) is 39.7 Å². The summed E-state index contributed by atoms with van der Waals surface area (Å²) in [6.45, 7) is 17.7. The van der Waals surface area contributed by atoms with Gasteiger partial charge in [0.15, 0.2) is 0 Å². The van der Waals surface area contributed by atoms with Gasteiger partial charge in [-0.3, -0.25) is 28.8 Å². The summed E-state index contributed by atoms with van der Waals surface area (Å²) in [7, 11) is -0.648. The van der Waals surface area contributed by atoms with Gasteiger partial charge in [0.25, 0.3) is 5.91 Å². The van der Waals surface area contributed by atoms with E-state index in [0.29, 0.717) is 43.2 Å². The summed E-state index contributed by atoms with van der Waals surface area (Å²) in [4.78, 5) is 80.5. The van der Waals surface area contributed by atoms with Crippen molar-refractivity contribution in [3.8, 4) is 11.1 Å². The molecule has 0 spiro atoms. The van der Waals surface area contributed by atoms with Crippen LogP contribution in [-0.4, -0.2) is 109 Å². The summed E-state index contributed by atoms with van der Waals surface area (Å²) in [5.41, 5.74) is 9.17. The first-order valence-corrected chi connectivity index (χ1v) is 24.9. The van der Waals surface area contributed by atoms with Crippen LogP contribution in [0, 0.1) is 23.2 Å². The van der Waals surface area contributed by atoms with Crippen molar-refractivity contribution in [3.05, 3.63) is 59.7 Å². The molecular weight excluding hydrogens is 865 g/mol. The Kier molecular flexibility index (Phi) is 19.2. The van der Waals surface area contributed by atoms with E-state index in [-0.39, 0.29) is 42.7 Å². The first-order chi connectivity index (χ1) is 32.2. The number of carbonyl (C=O) groups is 6. The molecule has 3 aliphatic carbocycles. The summed E-state index contributed by atoms with van der Waals surface area (Å²) >= 11 is 0. The number of carbonyl (C=O) groups excluding carboxylic acids is 6. The van der Waals surface area contributed by atoms with Gasteiger partial charge in [-0.05, 0) is 138 Å². The quantitative estimate of drug-likeness (QED) is 0.0524. The van der Waals surface area contributed by atoms with Gasteiger partial charge < -0.3 is 52.0 Å². The van der Waals surface area contributed by atoms with Crippen LogP contribution >= 0.6 is 0 Å². The molecule has 68 heavy (non-hydrogen) atoms. The van der Waals surface area contributed by atoms with Crippen molar-refractivity contribution in [1.82, 2.24) is 31.9 Å². The third-order valence-electron chi connectivity index (χ3n) is 14.4. The lowest BCUT2D eigenvalue weighted by Crippen LogP contribution is -2.65. The Balaban J connectivity index is 1.10. The fourth-order valence-corrected chi connectivity index (χ4v) is 10.0. The lowest BCUT2D eigenvalue weighted by Gasteiger charge is -2.64. The van der Waals surface area contributed by atoms with Crippen LogP contribution in [0.5, 0.6) is 0 Å². The number of amides is 6. The number of rotatable bonds is 25. The summed E-state index contributed by atoms with van der Waals surface area (Å²) in [5.74, 6) is -3.03. The molecule has 0 radical (unpaired) electrons. The van der Waals surface area contributed by atoms with Gasteiger partial charge in [0, 0.05) is 18.5 Å². The average molecular weight is 944 g/mol. The minimum Gasteiger partial charge on any atom is -0.404 e. The topological polar surface area (TPSA) is 239 Å². The molecule has 16 nitrogen and oxygen atoms in total. The molecule has 2 aromatic rings. The van der Waals surface area contributed by atoms with Crippen molar-refractivity contribution >= 4 is 42.6 Å². The van der Waals surface area contributed by atoms with Crippen molar-refractivity contribution in [2.24, 2.45) is 28.9 Å². The summed E-state index contributed by atoms with van der Waals surface area (Å²) in [5, 5.41) is 27.0. The van der Waals surface area contributed by atoms with Crippen molar-refractivity contribution in [2.45, 2.75) is 174 Å². The predicted octanol–water partition coefficient (Wildman–Crippen LogP) is 4.10. The number of unbranched alkanes of at least 4 members (excludes halogenated alkanes) is 2. The Bertz CT molecular complexity index is 2050. The predicted molar refractivity (Wildman–Crippen MR) is 263 cm³/mol. The van der Waals surface area contributed by atoms with Crippen LogP contribution in [0.4, 0.5) is 0 Å². The van der Waals surface area contributed by atoms with Gasteiger partial charge in [-0.15, -0.1) is 0 Å². The molecule has 1 saturated heterocycles. The normalized spacial score (nSPS) is 22.8. The maximum atomic E-state index is 13.7. The van der Waals surface area contributed by atoms with E-state index >= 15 is 0 Å². The van der Waals surface area contributed by atoms with E-state index in [2.05, 4.69) is 83.9 Å². The number of hydrogen-bond acceptors (Lipinski definition) is 10. The molecule has 6 amide bonds. The minimum atomic E-state index is -1.49. The monoisotopic (exact) mass is 944 g/mol. The Hall–Kier alpha value is -4.84. The van der Waals surface area contributed by atoms with Gasteiger partial charge in [-0.1, -0.05) is 77.4 Å². The number of hydrogen-bond donors (Lipinski definition) is 8. The molecule has 4 aliphatic rings. The van der Waals surface area contributed by atoms with Gasteiger partial charge in [0.1, 0.15) is 24.2 Å². The second kappa shape index (κ2) is 24.1. The van der Waals surface area contributed by atoms with Gasteiger partial charge >= 0.3 is 7.12 Å². The molecule has 4 fully saturated rings. The smallest absolute Gasteiger partial charge is 0.404 e.